The number of aromatic hydroxyl groups is 1. The molecule has 1 aliphatic heterocycles. The third-order valence-corrected chi connectivity index (χ3v) is 4.93. The molecule has 0 spiro atoms. The van der Waals surface area contributed by atoms with Crippen molar-refractivity contribution in [3.05, 3.63) is 70.3 Å². The van der Waals surface area contributed by atoms with E-state index in [9.17, 15) is 10.2 Å². The molecule has 2 N–H and O–H groups in total. The largest absolute Gasteiger partial charge is 0.507 e. The van der Waals surface area contributed by atoms with Crippen LogP contribution in [-0.4, -0.2) is 21.9 Å². The average Bonchev–Trinajstić information content (AvgIpc) is 3.03. The van der Waals surface area contributed by atoms with Gasteiger partial charge in [-0.25, -0.2) is 0 Å². The Morgan fingerprint density at radius 3 is 2.52 bits per heavy atom. The Hall–Kier alpha value is -2.52. The SMILES string of the molecule is CC(C)=CCc1c(O)cc2c(c1/C=C\c1ccccc1)C[C@H](C(C)(C)O)O2. The first-order valence-electron chi connectivity index (χ1n) is 9.39. The number of hydrogen-bond donors (Lipinski definition) is 2. The van der Waals surface area contributed by atoms with E-state index < -0.39 is 5.60 Å². The predicted octanol–water partition coefficient (Wildman–Crippen LogP) is 5.15. The van der Waals surface area contributed by atoms with Gasteiger partial charge in [-0.3, -0.25) is 0 Å². The van der Waals surface area contributed by atoms with Crippen molar-refractivity contribution in [2.75, 3.05) is 0 Å². The van der Waals surface area contributed by atoms with E-state index >= 15 is 0 Å². The van der Waals surface area contributed by atoms with Crippen LogP contribution in [0.2, 0.25) is 0 Å². The fraction of sp³-hybridized carbons (Fsp3) is 0.333. The van der Waals surface area contributed by atoms with Crippen LogP contribution >= 0.6 is 0 Å². The molecular formula is C24H28O3. The van der Waals surface area contributed by atoms with E-state index in [4.69, 9.17) is 4.74 Å². The lowest BCUT2D eigenvalue weighted by molar-refractivity contribution is -0.0230. The van der Waals surface area contributed by atoms with Crippen LogP contribution in [0.3, 0.4) is 0 Å². The summed E-state index contributed by atoms with van der Waals surface area (Å²) in [5.41, 5.74) is 4.28. The molecule has 1 atom stereocenters. The van der Waals surface area contributed by atoms with Crippen LogP contribution in [0.25, 0.3) is 12.2 Å². The number of phenolic OH excluding ortho intramolecular Hbond substituents is 1. The van der Waals surface area contributed by atoms with E-state index in [2.05, 4.69) is 32.1 Å². The number of benzene rings is 2. The molecule has 0 fully saturated rings. The second-order valence-electron chi connectivity index (χ2n) is 7.96. The predicted molar refractivity (Wildman–Crippen MR) is 111 cm³/mol. The van der Waals surface area contributed by atoms with Crippen LogP contribution in [0.5, 0.6) is 11.5 Å². The minimum absolute atomic E-state index is 0.232. The summed E-state index contributed by atoms with van der Waals surface area (Å²) in [6, 6.07) is 11.8. The number of aliphatic hydroxyl groups is 1. The zero-order valence-corrected chi connectivity index (χ0v) is 16.5. The quantitative estimate of drug-likeness (QED) is 0.570. The monoisotopic (exact) mass is 364 g/mol. The highest BCUT2D eigenvalue weighted by atomic mass is 16.5. The summed E-state index contributed by atoms with van der Waals surface area (Å²) in [5.74, 6) is 0.892. The topological polar surface area (TPSA) is 49.7 Å². The molecule has 1 aliphatic rings. The molecule has 3 heteroatoms. The average molecular weight is 364 g/mol. The lowest BCUT2D eigenvalue weighted by Gasteiger charge is -2.24. The van der Waals surface area contributed by atoms with Crippen molar-refractivity contribution >= 4 is 12.2 Å². The summed E-state index contributed by atoms with van der Waals surface area (Å²) < 4.78 is 5.97. The highest BCUT2D eigenvalue weighted by Gasteiger charge is 2.36. The first-order valence-corrected chi connectivity index (χ1v) is 9.39. The molecule has 0 unspecified atom stereocenters. The molecule has 0 saturated carbocycles. The first-order chi connectivity index (χ1) is 12.8. The van der Waals surface area contributed by atoms with E-state index in [0.29, 0.717) is 18.6 Å². The summed E-state index contributed by atoms with van der Waals surface area (Å²) in [5, 5.41) is 21.0. The minimum atomic E-state index is -0.949. The second kappa shape index (κ2) is 7.61. The van der Waals surface area contributed by atoms with Crippen LogP contribution in [0.1, 0.15) is 49.9 Å². The lowest BCUT2D eigenvalue weighted by Crippen LogP contribution is -2.39. The van der Waals surface area contributed by atoms with Gasteiger partial charge in [0.05, 0.1) is 5.60 Å². The number of phenols is 1. The molecule has 142 valence electrons. The maximum absolute atomic E-state index is 10.6. The molecule has 3 rings (SSSR count). The van der Waals surface area contributed by atoms with E-state index in [1.54, 1.807) is 19.9 Å². The van der Waals surface area contributed by atoms with Crippen molar-refractivity contribution < 1.29 is 14.9 Å². The van der Waals surface area contributed by atoms with Gasteiger partial charge in [0.2, 0.25) is 0 Å². The third-order valence-electron chi connectivity index (χ3n) is 4.93. The maximum Gasteiger partial charge on any atom is 0.131 e. The highest BCUT2D eigenvalue weighted by molar-refractivity contribution is 5.76. The molecule has 1 heterocycles. The fourth-order valence-electron chi connectivity index (χ4n) is 3.31. The summed E-state index contributed by atoms with van der Waals surface area (Å²) >= 11 is 0. The zero-order chi connectivity index (χ0) is 19.6. The first kappa shape index (κ1) is 19.2. The van der Waals surface area contributed by atoms with E-state index in [1.165, 1.54) is 5.57 Å². The standard InChI is InChI=1S/C24H28O3/c1-16(2)10-12-19-18(13-11-17-8-6-5-7-9-17)20-14-23(24(3,4)26)27-22(20)15-21(19)25/h5-11,13,15,23,25-26H,12,14H2,1-4H3/b13-11-/t23-/m1/s1. The van der Waals surface area contributed by atoms with Crippen molar-refractivity contribution in [3.63, 3.8) is 0 Å². The Morgan fingerprint density at radius 2 is 1.89 bits per heavy atom. The molecule has 0 saturated heterocycles. The summed E-state index contributed by atoms with van der Waals surface area (Å²) in [7, 11) is 0. The normalized spacial score (nSPS) is 16.3. The molecule has 27 heavy (non-hydrogen) atoms. The van der Waals surface area contributed by atoms with Crippen LogP contribution in [0.4, 0.5) is 0 Å². The van der Waals surface area contributed by atoms with Crippen molar-refractivity contribution in [2.24, 2.45) is 0 Å². The molecule has 0 aromatic heterocycles. The van der Waals surface area contributed by atoms with Crippen LogP contribution < -0.4 is 4.74 Å². The Balaban J connectivity index is 2.07. The molecule has 3 nitrogen and oxygen atoms in total. The lowest BCUT2D eigenvalue weighted by atomic mass is 9.90. The Morgan fingerprint density at radius 1 is 1.19 bits per heavy atom. The van der Waals surface area contributed by atoms with Gasteiger partial charge in [0.15, 0.2) is 0 Å². The Bertz CT molecular complexity index is 867. The van der Waals surface area contributed by atoms with Gasteiger partial charge in [0.1, 0.15) is 17.6 Å². The minimum Gasteiger partial charge on any atom is -0.507 e. The summed E-state index contributed by atoms with van der Waals surface area (Å²) in [4.78, 5) is 0. The number of allylic oxidation sites excluding steroid dienone is 2. The second-order valence-corrected chi connectivity index (χ2v) is 7.96. The van der Waals surface area contributed by atoms with Gasteiger partial charge in [0, 0.05) is 23.6 Å². The van der Waals surface area contributed by atoms with Crippen LogP contribution in [0, 0.1) is 0 Å². The van der Waals surface area contributed by atoms with E-state index in [0.717, 1.165) is 22.3 Å². The third kappa shape index (κ3) is 4.42. The van der Waals surface area contributed by atoms with Crippen LogP contribution in [-0.2, 0) is 12.8 Å². The van der Waals surface area contributed by atoms with Gasteiger partial charge in [-0.15, -0.1) is 0 Å². The molecular weight excluding hydrogens is 336 g/mol. The van der Waals surface area contributed by atoms with E-state index in [1.807, 2.05) is 30.3 Å². The Kier molecular flexibility index (Phi) is 5.43. The zero-order valence-electron chi connectivity index (χ0n) is 16.5. The van der Waals surface area contributed by atoms with Gasteiger partial charge in [-0.2, -0.15) is 0 Å². The number of rotatable bonds is 5. The molecule has 0 radical (unpaired) electrons. The molecule has 0 aliphatic carbocycles. The molecule has 2 aromatic rings. The molecule has 0 bridgehead atoms. The number of hydrogen-bond acceptors (Lipinski definition) is 3. The summed E-state index contributed by atoms with van der Waals surface area (Å²) in [6.45, 7) is 7.62. The molecule has 2 aromatic carbocycles. The van der Waals surface area contributed by atoms with E-state index in [-0.39, 0.29) is 11.9 Å². The smallest absolute Gasteiger partial charge is 0.131 e. The van der Waals surface area contributed by atoms with Gasteiger partial charge in [-0.05, 0) is 45.2 Å². The van der Waals surface area contributed by atoms with Crippen molar-refractivity contribution in [1.29, 1.82) is 0 Å². The Labute approximate surface area is 161 Å². The maximum atomic E-state index is 10.6. The van der Waals surface area contributed by atoms with Gasteiger partial charge >= 0.3 is 0 Å². The van der Waals surface area contributed by atoms with Crippen molar-refractivity contribution in [1.82, 2.24) is 0 Å². The van der Waals surface area contributed by atoms with Crippen molar-refractivity contribution in [2.45, 2.75) is 52.2 Å². The molecule has 0 amide bonds. The van der Waals surface area contributed by atoms with Crippen LogP contribution in [0.15, 0.2) is 48.0 Å². The number of ether oxygens (including phenoxy) is 1. The van der Waals surface area contributed by atoms with Gasteiger partial charge < -0.3 is 14.9 Å². The van der Waals surface area contributed by atoms with Crippen molar-refractivity contribution in [3.8, 4) is 11.5 Å². The highest BCUT2D eigenvalue weighted by Crippen LogP contribution is 2.42. The fourth-order valence-corrected chi connectivity index (χ4v) is 3.31. The summed E-state index contributed by atoms with van der Waals surface area (Å²) in [6.07, 6.45) is 7.18. The number of fused-ring (bicyclic) bond motifs is 1. The van der Waals surface area contributed by atoms with Gasteiger partial charge in [0.25, 0.3) is 0 Å². The van der Waals surface area contributed by atoms with Gasteiger partial charge in [-0.1, -0.05) is 54.1 Å².